The van der Waals surface area contributed by atoms with Gasteiger partial charge in [-0.15, -0.1) is 0 Å². The summed E-state index contributed by atoms with van der Waals surface area (Å²) in [6, 6.07) is 62.0. The van der Waals surface area contributed by atoms with Crippen LogP contribution in [0.4, 0.5) is 34.1 Å². The molecule has 7 rings (SSSR count). The number of hydrogen-bond acceptors (Lipinski definition) is 2. The molecule has 2 heteroatoms. The van der Waals surface area contributed by atoms with Gasteiger partial charge in [-0.05, 0) is 143 Å². The minimum Gasteiger partial charge on any atom is -0.311 e. The first-order chi connectivity index (χ1) is 27.5. The number of aryl methyl sites for hydroxylation is 4. The smallest absolute Gasteiger partial charge is 0.0462 e. The van der Waals surface area contributed by atoms with Crippen molar-refractivity contribution in [1.82, 2.24) is 0 Å². The summed E-state index contributed by atoms with van der Waals surface area (Å²) < 4.78 is 0. The summed E-state index contributed by atoms with van der Waals surface area (Å²) in [7, 11) is 0. The van der Waals surface area contributed by atoms with Gasteiger partial charge in [0, 0.05) is 34.1 Å². The maximum Gasteiger partial charge on any atom is 0.0462 e. The molecule has 0 aliphatic carbocycles. The summed E-state index contributed by atoms with van der Waals surface area (Å²) in [6.07, 6.45) is 12.9. The van der Waals surface area contributed by atoms with Gasteiger partial charge < -0.3 is 9.80 Å². The highest BCUT2D eigenvalue weighted by atomic mass is 15.1. The van der Waals surface area contributed by atoms with Crippen molar-refractivity contribution in [2.24, 2.45) is 0 Å². The van der Waals surface area contributed by atoms with Crippen LogP contribution >= 0.6 is 0 Å². The highest BCUT2D eigenvalue weighted by molar-refractivity contribution is 5.80. The minimum absolute atomic E-state index is 1.03. The summed E-state index contributed by atoms with van der Waals surface area (Å²) in [5, 5.41) is 0. The van der Waals surface area contributed by atoms with Crippen LogP contribution in [-0.4, -0.2) is 0 Å². The Labute approximate surface area is 334 Å². The molecule has 0 aromatic heterocycles. The number of anilines is 6. The minimum atomic E-state index is 1.03. The van der Waals surface area contributed by atoms with Gasteiger partial charge in [0.15, 0.2) is 0 Å². The van der Waals surface area contributed by atoms with Gasteiger partial charge in [0.25, 0.3) is 0 Å². The van der Waals surface area contributed by atoms with Gasteiger partial charge >= 0.3 is 0 Å². The topological polar surface area (TPSA) is 6.48 Å². The lowest BCUT2D eigenvalue weighted by Gasteiger charge is -2.26. The van der Waals surface area contributed by atoms with Crippen molar-refractivity contribution in [1.29, 1.82) is 0 Å². The van der Waals surface area contributed by atoms with Crippen LogP contribution in [0.2, 0.25) is 0 Å². The fraction of sp³-hybridized carbons (Fsp3) is 0.148. The number of nitrogens with zero attached hydrogens (tertiary/aromatic N) is 2. The first-order valence-corrected chi connectivity index (χ1v) is 20.2. The monoisotopic (exact) mass is 728 g/mol. The molecule has 278 valence electrons. The van der Waals surface area contributed by atoms with E-state index in [2.05, 4.69) is 232 Å². The van der Waals surface area contributed by atoms with E-state index in [0.29, 0.717) is 0 Å². The Hall–Kier alpha value is -6.38. The Morgan fingerprint density at radius 1 is 0.250 bits per heavy atom. The van der Waals surface area contributed by atoms with Crippen LogP contribution in [0, 0.1) is 0 Å². The maximum absolute atomic E-state index is 2.33. The van der Waals surface area contributed by atoms with Crippen LogP contribution in [-0.2, 0) is 25.7 Å². The Kier molecular flexibility index (Phi) is 12.4. The van der Waals surface area contributed by atoms with Gasteiger partial charge in [-0.2, -0.15) is 0 Å². The van der Waals surface area contributed by atoms with Gasteiger partial charge in [-0.3, -0.25) is 0 Å². The molecule has 7 aromatic rings. The lowest BCUT2D eigenvalue weighted by molar-refractivity contribution is 1.13. The van der Waals surface area contributed by atoms with Crippen LogP contribution in [0.1, 0.15) is 72.2 Å². The third-order valence-corrected chi connectivity index (χ3v) is 10.6. The number of hydrogen-bond donors (Lipinski definition) is 0. The molecule has 0 bridgehead atoms. The van der Waals surface area contributed by atoms with Crippen LogP contribution in [0.3, 0.4) is 0 Å². The van der Waals surface area contributed by atoms with Crippen molar-refractivity contribution in [2.45, 2.75) is 53.4 Å². The van der Waals surface area contributed by atoms with E-state index in [1.807, 2.05) is 0 Å². The Balaban J connectivity index is 1.02. The molecular formula is C54H52N2. The normalized spacial score (nSPS) is 11.4. The Bertz CT molecular complexity index is 2060. The van der Waals surface area contributed by atoms with E-state index >= 15 is 0 Å². The summed E-state index contributed by atoms with van der Waals surface area (Å²) in [6.45, 7) is 8.79. The molecule has 56 heavy (non-hydrogen) atoms. The largest absolute Gasteiger partial charge is 0.311 e. The van der Waals surface area contributed by atoms with Crippen LogP contribution in [0.25, 0.3) is 24.3 Å². The van der Waals surface area contributed by atoms with E-state index in [1.54, 1.807) is 0 Å². The molecule has 0 fully saturated rings. The zero-order valence-corrected chi connectivity index (χ0v) is 33.2. The molecular weight excluding hydrogens is 677 g/mol. The first kappa shape index (κ1) is 37.9. The molecule has 0 atom stereocenters. The van der Waals surface area contributed by atoms with E-state index in [1.165, 1.54) is 44.5 Å². The van der Waals surface area contributed by atoms with E-state index in [0.717, 1.165) is 59.8 Å². The molecule has 0 aliphatic rings. The van der Waals surface area contributed by atoms with Crippen molar-refractivity contribution in [3.05, 3.63) is 214 Å². The fourth-order valence-corrected chi connectivity index (χ4v) is 6.99. The average molecular weight is 729 g/mol. The zero-order chi connectivity index (χ0) is 38.7. The molecule has 2 nitrogen and oxygen atoms in total. The predicted molar refractivity (Wildman–Crippen MR) is 244 cm³/mol. The lowest BCUT2D eigenvalue weighted by Crippen LogP contribution is -2.10. The highest BCUT2D eigenvalue weighted by Crippen LogP contribution is 2.36. The van der Waals surface area contributed by atoms with Crippen molar-refractivity contribution >= 4 is 58.4 Å². The van der Waals surface area contributed by atoms with Crippen molar-refractivity contribution < 1.29 is 0 Å². The second-order valence-corrected chi connectivity index (χ2v) is 14.3. The zero-order valence-electron chi connectivity index (χ0n) is 33.2. The van der Waals surface area contributed by atoms with E-state index in [-0.39, 0.29) is 0 Å². The van der Waals surface area contributed by atoms with Gasteiger partial charge in [0.05, 0.1) is 0 Å². The molecule has 0 heterocycles. The molecule has 0 aliphatic heterocycles. The molecule has 0 unspecified atom stereocenters. The van der Waals surface area contributed by atoms with Crippen LogP contribution in [0.5, 0.6) is 0 Å². The first-order valence-electron chi connectivity index (χ1n) is 20.2. The molecule has 0 saturated carbocycles. The quantitative estimate of drug-likeness (QED) is 0.103. The average Bonchev–Trinajstić information content (AvgIpc) is 3.27. The summed E-state index contributed by atoms with van der Waals surface area (Å²) >= 11 is 0. The third kappa shape index (κ3) is 9.28. The summed E-state index contributed by atoms with van der Waals surface area (Å²) in [5.74, 6) is 0. The summed E-state index contributed by atoms with van der Waals surface area (Å²) in [4.78, 5) is 4.67. The molecule has 0 N–H and O–H groups in total. The van der Waals surface area contributed by atoms with Gasteiger partial charge in [-0.1, -0.05) is 149 Å². The molecule has 0 spiro atoms. The van der Waals surface area contributed by atoms with Gasteiger partial charge in [-0.25, -0.2) is 0 Å². The Morgan fingerprint density at radius 3 is 0.589 bits per heavy atom. The number of rotatable bonds is 14. The van der Waals surface area contributed by atoms with E-state index in [4.69, 9.17) is 0 Å². The standard InChI is InChI=1S/C54H52N2/c1-5-41-17-29-49(30-18-41)55(50-31-19-42(6-2)20-32-50)53-37-25-47(26-38-53)15-13-45-9-11-46(12-10-45)14-16-48-27-39-54(40-28-48)56(51-33-21-43(7-3)22-34-51)52-35-23-44(8-4)24-36-52/h9-40H,5-8H2,1-4H3/b15-13+,16-14+. The van der Waals surface area contributed by atoms with Crippen LogP contribution < -0.4 is 9.80 Å². The van der Waals surface area contributed by atoms with Crippen molar-refractivity contribution in [2.75, 3.05) is 9.80 Å². The Morgan fingerprint density at radius 2 is 0.411 bits per heavy atom. The predicted octanol–water partition coefficient (Wildman–Crippen LogP) is 15.2. The molecule has 0 saturated heterocycles. The molecule has 0 amide bonds. The lowest BCUT2D eigenvalue weighted by atomic mass is 10.1. The van der Waals surface area contributed by atoms with Crippen LogP contribution in [0.15, 0.2) is 170 Å². The number of benzene rings is 7. The highest BCUT2D eigenvalue weighted by Gasteiger charge is 2.14. The SMILES string of the molecule is CCc1ccc(N(c2ccc(/C=C/c3ccc(/C=C/c4ccc(N(c5ccc(CC)cc5)c5ccc(CC)cc5)cc4)cc3)cc2)c2ccc(CC)cc2)cc1. The van der Waals surface area contributed by atoms with E-state index in [9.17, 15) is 0 Å². The third-order valence-electron chi connectivity index (χ3n) is 10.6. The van der Waals surface area contributed by atoms with Crippen molar-refractivity contribution in [3.8, 4) is 0 Å². The van der Waals surface area contributed by atoms with E-state index < -0.39 is 0 Å². The molecule has 7 aromatic carbocycles. The fourth-order valence-electron chi connectivity index (χ4n) is 6.99. The second-order valence-electron chi connectivity index (χ2n) is 14.3. The second kappa shape index (κ2) is 18.3. The summed E-state index contributed by atoms with van der Waals surface area (Å²) in [5.41, 5.74) is 17.0. The van der Waals surface area contributed by atoms with Gasteiger partial charge in [0.2, 0.25) is 0 Å². The van der Waals surface area contributed by atoms with Gasteiger partial charge in [0.1, 0.15) is 0 Å². The maximum atomic E-state index is 2.33. The van der Waals surface area contributed by atoms with Crippen molar-refractivity contribution in [3.63, 3.8) is 0 Å². The molecule has 0 radical (unpaired) electrons.